The molecule has 2 fully saturated rings. The summed E-state index contributed by atoms with van der Waals surface area (Å²) in [6, 6.07) is 12.7. The van der Waals surface area contributed by atoms with Crippen molar-refractivity contribution < 1.29 is 33.7 Å². The Labute approximate surface area is 294 Å². The Morgan fingerprint density at radius 1 is 1.06 bits per heavy atom. The number of hydrogen-bond acceptors (Lipinski definition) is 8. The normalized spacial score (nSPS) is 28.4. The van der Waals surface area contributed by atoms with E-state index in [1.54, 1.807) is 25.3 Å². The van der Waals surface area contributed by atoms with Crippen molar-refractivity contribution in [2.75, 3.05) is 26.9 Å². The molecule has 4 aliphatic rings. The molecule has 6 atom stereocenters. The monoisotopic (exact) mass is 693 g/mol. The van der Waals surface area contributed by atoms with Crippen molar-refractivity contribution in [1.29, 1.82) is 0 Å². The van der Waals surface area contributed by atoms with E-state index < -0.39 is 5.79 Å². The summed E-state index contributed by atoms with van der Waals surface area (Å²) in [6.45, 7) is 4.81. The molecule has 2 saturated carbocycles. The minimum atomic E-state index is -0.960. The first-order valence-electron chi connectivity index (χ1n) is 18.2. The molecule has 0 spiro atoms. The van der Waals surface area contributed by atoms with Crippen LogP contribution in [0.5, 0.6) is 11.5 Å². The van der Waals surface area contributed by atoms with E-state index in [2.05, 4.69) is 23.9 Å². The highest BCUT2D eigenvalue weighted by atomic mass is 32.2. The van der Waals surface area contributed by atoms with Crippen LogP contribution >= 0.6 is 11.8 Å². The first-order valence-corrected chi connectivity index (χ1v) is 19.1. The first-order chi connectivity index (χ1) is 24.0. The Kier molecular flexibility index (Phi) is 12.4. The van der Waals surface area contributed by atoms with Crippen LogP contribution in [0, 0.1) is 23.6 Å². The number of fused-ring (bicyclic) bond motifs is 2. The predicted molar refractivity (Wildman–Crippen MR) is 193 cm³/mol. The van der Waals surface area contributed by atoms with Gasteiger partial charge in [0.15, 0.2) is 0 Å². The van der Waals surface area contributed by atoms with Crippen LogP contribution in [0.2, 0.25) is 0 Å². The Morgan fingerprint density at radius 2 is 1.84 bits per heavy atom. The number of benzene rings is 2. The quantitative estimate of drug-likeness (QED) is 0.0978. The summed E-state index contributed by atoms with van der Waals surface area (Å²) >= 11 is 1.99. The highest BCUT2D eigenvalue weighted by Crippen LogP contribution is 2.63. The van der Waals surface area contributed by atoms with Crippen LogP contribution in [0.4, 0.5) is 4.39 Å². The molecule has 9 heteroatoms. The molecule has 6 rings (SSSR count). The maximum atomic E-state index is 14.5. The summed E-state index contributed by atoms with van der Waals surface area (Å²) in [4.78, 5) is 5.53. The topological polar surface area (TPSA) is 89.7 Å². The van der Waals surface area contributed by atoms with Crippen LogP contribution in [-0.4, -0.2) is 59.1 Å². The molecule has 49 heavy (non-hydrogen) atoms. The van der Waals surface area contributed by atoms with Gasteiger partial charge in [0.25, 0.3) is 0 Å². The van der Waals surface area contributed by atoms with Gasteiger partial charge < -0.3 is 29.3 Å². The lowest BCUT2D eigenvalue weighted by Gasteiger charge is -2.58. The smallest absolute Gasteiger partial charge is 0.230 e. The number of thioether (sulfide) groups is 1. The third kappa shape index (κ3) is 7.75. The number of oxime groups is 1. The molecule has 2 aromatic rings. The molecule has 266 valence electrons. The van der Waals surface area contributed by atoms with Crippen LogP contribution in [0.1, 0.15) is 87.7 Å². The fourth-order valence-corrected chi connectivity index (χ4v) is 10.5. The largest absolute Gasteiger partial charge is 0.489 e. The van der Waals surface area contributed by atoms with Gasteiger partial charge in [-0.3, -0.25) is 0 Å². The summed E-state index contributed by atoms with van der Waals surface area (Å²) in [6.07, 6.45) is 14.9. The van der Waals surface area contributed by atoms with Crippen molar-refractivity contribution in [2.45, 2.75) is 99.4 Å². The van der Waals surface area contributed by atoms with Crippen molar-refractivity contribution in [1.82, 2.24) is 0 Å². The fourth-order valence-electron chi connectivity index (χ4n) is 8.68. The number of halogens is 1. The van der Waals surface area contributed by atoms with Crippen molar-refractivity contribution in [2.24, 2.45) is 22.9 Å². The van der Waals surface area contributed by atoms with Gasteiger partial charge in [-0.05, 0) is 80.2 Å². The molecule has 2 N–H and O–H groups in total. The van der Waals surface area contributed by atoms with Gasteiger partial charge in [-0.15, -0.1) is 18.3 Å². The van der Waals surface area contributed by atoms with E-state index in [9.17, 15) is 14.6 Å². The average Bonchev–Trinajstić information content (AvgIpc) is 3.63. The van der Waals surface area contributed by atoms with E-state index in [0.717, 1.165) is 61.1 Å². The van der Waals surface area contributed by atoms with Crippen LogP contribution in [0.3, 0.4) is 0 Å². The summed E-state index contributed by atoms with van der Waals surface area (Å²) in [5.74, 6) is 0.457. The van der Waals surface area contributed by atoms with Gasteiger partial charge in [0, 0.05) is 41.9 Å². The number of ether oxygens (including phenoxy) is 3. The number of hydrogen-bond donors (Lipinski definition) is 2. The molecular formula is C40H52FNO6S. The average molecular weight is 694 g/mol. The van der Waals surface area contributed by atoms with E-state index >= 15 is 0 Å². The van der Waals surface area contributed by atoms with Crippen molar-refractivity contribution >= 4 is 17.5 Å². The van der Waals surface area contributed by atoms with E-state index in [1.807, 2.05) is 30.0 Å². The van der Waals surface area contributed by atoms with Crippen LogP contribution < -0.4 is 9.47 Å². The van der Waals surface area contributed by atoms with Gasteiger partial charge in [-0.25, -0.2) is 4.39 Å². The molecular weight excluding hydrogens is 642 g/mol. The lowest BCUT2D eigenvalue weighted by atomic mass is 9.56. The highest BCUT2D eigenvalue weighted by molar-refractivity contribution is 8.00. The van der Waals surface area contributed by atoms with Crippen LogP contribution in [0.25, 0.3) is 0 Å². The standard InChI is InChI=1S/C40H52FNO6S/c1-3-22-47-40-37(49-30-14-5-6-15-30)25-35(42-45-2)32-23-27(12-8-10-20-43)31(16-9-11-21-44)38(39(32)40)33-24-29(18-19-36(33)48-40)46-26-28-13-4-7-17-34(28)41/h3-4,7,13,17-19,23-24,27,30-31,37-39,43-44H,1,5-6,8-12,14-16,20-22,25-26H2,2H3. The summed E-state index contributed by atoms with van der Waals surface area (Å²) < 4.78 is 35.0. The fraction of sp³-hybridized carbons (Fsp3) is 0.575. The van der Waals surface area contributed by atoms with Crippen LogP contribution in [0.15, 0.2) is 71.9 Å². The predicted octanol–water partition coefficient (Wildman–Crippen LogP) is 8.34. The zero-order valence-corrected chi connectivity index (χ0v) is 29.6. The van der Waals surface area contributed by atoms with E-state index in [4.69, 9.17) is 19.0 Å². The molecule has 0 bridgehead atoms. The molecule has 0 amide bonds. The first kappa shape index (κ1) is 36.0. The summed E-state index contributed by atoms with van der Waals surface area (Å²) in [7, 11) is 1.62. The second-order valence-corrected chi connectivity index (χ2v) is 15.4. The van der Waals surface area contributed by atoms with Gasteiger partial charge in [0.05, 0.1) is 23.5 Å². The summed E-state index contributed by atoms with van der Waals surface area (Å²) in [5, 5.41) is 24.7. The lowest BCUT2D eigenvalue weighted by Crippen LogP contribution is -2.64. The molecule has 1 heterocycles. The zero-order valence-electron chi connectivity index (χ0n) is 28.7. The second-order valence-electron chi connectivity index (χ2n) is 13.9. The van der Waals surface area contributed by atoms with E-state index in [1.165, 1.54) is 31.7 Å². The van der Waals surface area contributed by atoms with Gasteiger partial charge >= 0.3 is 0 Å². The van der Waals surface area contributed by atoms with E-state index in [0.29, 0.717) is 29.6 Å². The highest BCUT2D eigenvalue weighted by Gasteiger charge is 2.64. The Balaban J connectivity index is 1.49. The molecule has 0 aromatic heterocycles. The minimum Gasteiger partial charge on any atom is -0.489 e. The number of aliphatic hydroxyl groups excluding tert-OH is 2. The molecule has 6 unspecified atom stereocenters. The molecule has 1 aliphatic heterocycles. The Hall–Kier alpha value is -2.85. The van der Waals surface area contributed by atoms with Gasteiger partial charge in [0.1, 0.15) is 31.0 Å². The van der Waals surface area contributed by atoms with Crippen LogP contribution in [-0.2, 0) is 16.2 Å². The molecule has 7 nitrogen and oxygen atoms in total. The molecule has 0 saturated heterocycles. The molecule has 0 radical (unpaired) electrons. The number of allylic oxidation sites excluding steroid dienone is 1. The van der Waals surface area contributed by atoms with Crippen molar-refractivity contribution in [3.05, 3.63) is 83.7 Å². The number of rotatable bonds is 17. The van der Waals surface area contributed by atoms with Gasteiger partial charge in [-0.1, -0.05) is 61.2 Å². The lowest BCUT2D eigenvalue weighted by molar-refractivity contribution is -0.223. The maximum absolute atomic E-state index is 14.5. The zero-order chi connectivity index (χ0) is 34.2. The second kappa shape index (κ2) is 16.9. The number of nitrogens with zero attached hydrogens (tertiary/aromatic N) is 1. The van der Waals surface area contributed by atoms with E-state index in [-0.39, 0.29) is 54.6 Å². The van der Waals surface area contributed by atoms with Gasteiger partial charge in [-0.2, -0.15) is 0 Å². The SMILES string of the molecule is C=CCOC12Oc3ccc(OCc4ccccc4F)cc3C3C(CCCCO)C(CCCCO)C=C(C(=NOC)CC1SC1CCCC1)C32. The molecule has 3 aliphatic carbocycles. The number of aliphatic hydroxyl groups is 2. The Morgan fingerprint density at radius 3 is 2.57 bits per heavy atom. The molecule has 2 aromatic carbocycles. The summed E-state index contributed by atoms with van der Waals surface area (Å²) in [5.41, 5.74) is 3.63. The Bertz CT molecular complexity index is 1480. The maximum Gasteiger partial charge on any atom is 0.230 e. The minimum absolute atomic E-state index is 0.00238. The van der Waals surface area contributed by atoms with Crippen molar-refractivity contribution in [3.8, 4) is 11.5 Å². The third-order valence-electron chi connectivity index (χ3n) is 10.8. The third-order valence-corrected chi connectivity index (χ3v) is 12.5. The van der Waals surface area contributed by atoms with Crippen molar-refractivity contribution in [3.63, 3.8) is 0 Å². The van der Waals surface area contributed by atoms with Gasteiger partial charge in [0.2, 0.25) is 5.79 Å². The number of unbranched alkanes of at least 4 members (excludes halogenated alkanes) is 2.